The Kier molecular flexibility index (Phi) is 2.77. The van der Waals surface area contributed by atoms with E-state index in [1.807, 2.05) is 6.07 Å². The smallest absolute Gasteiger partial charge is 0.231 e. The topological polar surface area (TPSA) is 64.6 Å². The first-order valence-electron chi connectivity index (χ1n) is 4.82. The van der Waals surface area contributed by atoms with Crippen molar-refractivity contribution in [2.75, 3.05) is 13.0 Å². The predicted octanol–water partition coefficient (Wildman–Crippen LogP) is 1.03. The second-order valence-corrected chi connectivity index (χ2v) is 5.50. The van der Waals surface area contributed by atoms with Gasteiger partial charge in [-0.2, -0.15) is 0 Å². The fourth-order valence-corrected chi connectivity index (χ4v) is 2.35. The molecule has 0 saturated carbocycles. The summed E-state index contributed by atoms with van der Waals surface area (Å²) in [6, 6.07) is 5.09. The first kappa shape index (κ1) is 11.2. The van der Waals surface area contributed by atoms with Crippen LogP contribution in [0.1, 0.15) is 18.5 Å². The molecule has 0 saturated heterocycles. The van der Waals surface area contributed by atoms with Crippen LogP contribution in [-0.2, 0) is 10.0 Å². The van der Waals surface area contributed by atoms with Crippen molar-refractivity contribution in [3.05, 3.63) is 23.8 Å². The van der Waals surface area contributed by atoms with E-state index in [1.54, 1.807) is 19.1 Å². The molecule has 1 aromatic rings. The van der Waals surface area contributed by atoms with Crippen molar-refractivity contribution in [3.8, 4) is 11.5 Å². The van der Waals surface area contributed by atoms with Gasteiger partial charge in [0.15, 0.2) is 11.5 Å². The molecule has 6 heteroatoms. The van der Waals surface area contributed by atoms with Crippen LogP contribution in [-0.4, -0.2) is 21.5 Å². The summed E-state index contributed by atoms with van der Waals surface area (Å²) in [5.74, 6) is 1.34. The average molecular weight is 243 g/mol. The largest absolute Gasteiger partial charge is 0.454 e. The lowest BCUT2D eigenvalue weighted by molar-refractivity contribution is 0.174. The highest BCUT2D eigenvalue weighted by Gasteiger charge is 2.17. The van der Waals surface area contributed by atoms with E-state index in [0.717, 1.165) is 11.8 Å². The van der Waals surface area contributed by atoms with Crippen LogP contribution in [0.4, 0.5) is 0 Å². The molecular weight excluding hydrogens is 230 g/mol. The highest BCUT2D eigenvalue weighted by Crippen LogP contribution is 2.34. The molecular formula is C10H13NO4S. The van der Waals surface area contributed by atoms with E-state index in [9.17, 15) is 8.42 Å². The average Bonchev–Trinajstić information content (AvgIpc) is 2.61. The molecule has 0 bridgehead atoms. The lowest BCUT2D eigenvalue weighted by Crippen LogP contribution is -2.25. The summed E-state index contributed by atoms with van der Waals surface area (Å²) in [7, 11) is -3.21. The Morgan fingerprint density at radius 2 is 2.00 bits per heavy atom. The third kappa shape index (κ3) is 2.45. The zero-order valence-corrected chi connectivity index (χ0v) is 9.87. The maximum Gasteiger partial charge on any atom is 0.231 e. The Morgan fingerprint density at radius 1 is 1.31 bits per heavy atom. The van der Waals surface area contributed by atoms with Crippen LogP contribution in [0.5, 0.6) is 11.5 Å². The van der Waals surface area contributed by atoms with Crippen molar-refractivity contribution >= 4 is 10.0 Å². The highest BCUT2D eigenvalue weighted by atomic mass is 32.2. The van der Waals surface area contributed by atoms with E-state index in [4.69, 9.17) is 9.47 Å². The number of benzene rings is 1. The third-order valence-electron chi connectivity index (χ3n) is 2.29. The normalized spacial score (nSPS) is 16.1. The van der Waals surface area contributed by atoms with Crippen LogP contribution in [0.25, 0.3) is 0 Å². The number of fused-ring (bicyclic) bond motifs is 1. The van der Waals surface area contributed by atoms with Crippen LogP contribution in [0.2, 0.25) is 0 Å². The van der Waals surface area contributed by atoms with E-state index in [2.05, 4.69) is 4.72 Å². The summed E-state index contributed by atoms with van der Waals surface area (Å²) in [5, 5.41) is 0. The maximum absolute atomic E-state index is 11.1. The first-order valence-corrected chi connectivity index (χ1v) is 6.72. The summed E-state index contributed by atoms with van der Waals surface area (Å²) in [4.78, 5) is 0. The molecule has 1 heterocycles. The van der Waals surface area contributed by atoms with Gasteiger partial charge in [-0.3, -0.25) is 0 Å². The van der Waals surface area contributed by atoms with E-state index in [1.165, 1.54) is 0 Å². The van der Waals surface area contributed by atoms with Gasteiger partial charge in [0.2, 0.25) is 16.8 Å². The fraction of sp³-hybridized carbons (Fsp3) is 0.400. The van der Waals surface area contributed by atoms with E-state index < -0.39 is 10.0 Å². The molecule has 16 heavy (non-hydrogen) atoms. The molecule has 2 rings (SSSR count). The lowest BCUT2D eigenvalue weighted by atomic mass is 10.1. The molecule has 0 spiro atoms. The van der Waals surface area contributed by atoms with Gasteiger partial charge in [0.1, 0.15) is 0 Å². The zero-order chi connectivity index (χ0) is 11.8. The van der Waals surface area contributed by atoms with Gasteiger partial charge in [0.25, 0.3) is 0 Å². The fourth-order valence-electron chi connectivity index (χ4n) is 1.57. The molecule has 1 N–H and O–H groups in total. The monoisotopic (exact) mass is 243 g/mol. The van der Waals surface area contributed by atoms with Gasteiger partial charge >= 0.3 is 0 Å². The Bertz CT molecular complexity index is 498. The van der Waals surface area contributed by atoms with Crippen LogP contribution in [0.3, 0.4) is 0 Å². The van der Waals surface area contributed by atoms with E-state index in [-0.39, 0.29) is 12.8 Å². The summed E-state index contributed by atoms with van der Waals surface area (Å²) in [6.07, 6.45) is 1.14. The van der Waals surface area contributed by atoms with Crippen LogP contribution in [0.15, 0.2) is 18.2 Å². The zero-order valence-electron chi connectivity index (χ0n) is 9.06. The van der Waals surface area contributed by atoms with E-state index in [0.29, 0.717) is 11.5 Å². The van der Waals surface area contributed by atoms with Crippen molar-refractivity contribution in [1.82, 2.24) is 4.72 Å². The number of ether oxygens (including phenoxy) is 2. The molecule has 1 atom stereocenters. The molecule has 1 aliphatic rings. The summed E-state index contributed by atoms with van der Waals surface area (Å²) in [5.41, 5.74) is 0.842. The first-order chi connectivity index (χ1) is 7.46. The molecule has 5 nitrogen and oxygen atoms in total. The lowest BCUT2D eigenvalue weighted by Gasteiger charge is -2.12. The maximum atomic E-state index is 11.1. The second kappa shape index (κ2) is 3.95. The van der Waals surface area contributed by atoms with Gasteiger partial charge in [0, 0.05) is 6.04 Å². The van der Waals surface area contributed by atoms with Crippen LogP contribution < -0.4 is 14.2 Å². The van der Waals surface area contributed by atoms with Gasteiger partial charge in [-0.05, 0) is 24.6 Å². The minimum Gasteiger partial charge on any atom is -0.454 e. The number of sulfonamides is 1. The molecule has 1 aromatic carbocycles. The SMILES string of the molecule is C[C@H](NS(C)(=O)=O)c1ccc2c(c1)OCO2. The Morgan fingerprint density at radius 3 is 2.69 bits per heavy atom. The number of hydrogen-bond acceptors (Lipinski definition) is 4. The number of rotatable bonds is 3. The molecule has 0 amide bonds. The molecule has 0 aliphatic carbocycles. The predicted molar refractivity (Wildman–Crippen MR) is 59.0 cm³/mol. The Hall–Kier alpha value is -1.27. The molecule has 0 radical (unpaired) electrons. The van der Waals surface area contributed by atoms with Crippen molar-refractivity contribution in [3.63, 3.8) is 0 Å². The Labute approximate surface area is 94.4 Å². The minimum absolute atomic E-state index is 0.215. The Balaban J connectivity index is 2.21. The summed E-state index contributed by atoms with van der Waals surface area (Å²) in [6.45, 7) is 1.99. The van der Waals surface area contributed by atoms with Crippen molar-refractivity contribution in [1.29, 1.82) is 0 Å². The van der Waals surface area contributed by atoms with Gasteiger partial charge in [-0.1, -0.05) is 6.07 Å². The van der Waals surface area contributed by atoms with Crippen LogP contribution in [0, 0.1) is 0 Å². The molecule has 0 unspecified atom stereocenters. The van der Waals surface area contributed by atoms with E-state index >= 15 is 0 Å². The number of hydrogen-bond donors (Lipinski definition) is 1. The number of nitrogens with one attached hydrogen (secondary N) is 1. The van der Waals surface area contributed by atoms with Crippen molar-refractivity contribution in [2.45, 2.75) is 13.0 Å². The minimum atomic E-state index is -3.21. The highest BCUT2D eigenvalue weighted by molar-refractivity contribution is 7.88. The summed E-state index contributed by atoms with van der Waals surface area (Å²) >= 11 is 0. The third-order valence-corrected chi connectivity index (χ3v) is 3.07. The second-order valence-electron chi connectivity index (χ2n) is 3.72. The van der Waals surface area contributed by atoms with Gasteiger partial charge in [0.05, 0.1) is 6.26 Å². The summed E-state index contributed by atoms with van der Waals surface area (Å²) < 4.78 is 35.1. The molecule has 0 fully saturated rings. The van der Waals surface area contributed by atoms with Gasteiger partial charge in [-0.15, -0.1) is 0 Å². The quantitative estimate of drug-likeness (QED) is 0.861. The molecule has 0 aromatic heterocycles. The molecule has 1 aliphatic heterocycles. The molecule has 88 valence electrons. The van der Waals surface area contributed by atoms with Crippen LogP contribution >= 0.6 is 0 Å². The standard InChI is InChI=1S/C10H13NO4S/c1-7(11-16(2,12)13)8-3-4-9-10(5-8)15-6-14-9/h3-5,7,11H,6H2,1-2H3/t7-/m0/s1. The van der Waals surface area contributed by atoms with Gasteiger partial charge in [-0.25, -0.2) is 13.1 Å². The van der Waals surface area contributed by atoms with Crippen molar-refractivity contribution < 1.29 is 17.9 Å². The van der Waals surface area contributed by atoms with Crippen molar-refractivity contribution in [2.24, 2.45) is 0 Å². The van der Waals surface area contributed by atoms with Gasteiger partial charge < -0.3 is 9.47 Å².